The Labute approximate surface area is 295 Å². The first-order valence-electron chi connectivity index (χ1n) is 15.4. The van der Waals surface area contributed by atoms with Crippen LogP contribution in [0, 0.1) is 0 Å². The fourth-order valence-corrected chi connectivity index (χ4v) is 6.32. The lowest BCUT2D eigenvalue weighted by Crippen LogP contribution is -2.28. The molecule has 3 aromatic rings. The van der Waals surface area contributed by atoms with E-state index in [1.807, 2.05) is 0 Å². The van der Waals surface area contributed by atoms with Crippen LogP contribution in [0.4, 0.5) is 26.3 Å². The van der Waals surface area contributed by atoms with Crippen LogP contribution in [-0.2, 0) is 35.8 Å². The monoisotopic (exact) mass is 765 g/mol. The number of alkyl halides is 6. The van der Waals surface area contributed by atoms with Crippen molar-refractivity contribution in [3.63, 3.8) is 0 Å². The summed E-state index contributed by atoms with van der Waals surface area (Å²) in [4.78, 5) is 0.197. The number of halogens is 6. The predicted octanol–water partition coefficient (Wildman–Crippen LogP) is 7.80. The molecule has 0 amide bonds. The number of rotatable bonds is 16. The third kappa shape index (κ3) is 12.0. The van der Waals surface area contributed by atoms with Gasteiger partial charge < -0.3 is 18.9 Å². The summed E-state index contributed by atoms with van der Waals surface area (Å²) in [5.41, 5.74) is -3.32. The van der Waals surface area contributed by atoms with Crippen LogP contribution in [0.2, 0.25) is 0 Å². The topological polar surface area (TPSA) is 117 Å². The van der Waals surface area contributed by atoms with Crippen LogP contribution in [0.15, 0.2) is 88.0 Å². The van der Waals surface area contributed by atoms with Crippen molar-refractivity contribution in [3.8, 4) is 17.2 Å². The summed E-state index contributed by atoms with van der Waals surface area (Å²) in [6.45, 7) is 0.229. The Bertz CT molecular complexity index is 1610. The van der Waals surface area contributed by atoms with Gasteiger partial charge in [-0.3, -0.25) is 4.28 Å². The lowest BCUT2D eigenvalue weighted by atomic mass is 9.97. The molecule has 0 aromatic heterocycles. The molecule has 1 aliphatic rings. The molecular weight excluding hydrogens is 730 g/mol. The van der Waals surface area contributed by atoms with Crippen LogP contribution in [0.25, 0.3) is 0 Å². The van der Waals surface area contributed by atoms with E-state index in [1.54, 1.807) is 7.11 Å². The number of hydrogen-bond donors (Lipinski definition) is 1. The number of ether oxygens (including phenoxy) is 4. The highest BCUT2D eigenvalue weighted by molar-refractivity contribution is 7.86. The van der Waals surface area contributed by atoms with Crippen molar-refractivity contribution in [2.24, 2.45) is 10.3 Å². The van der Waals surface area contributed by atoms with Gasteiger partial charge in [0.05, 0.1) is 31.7 Å². The molecule has 10 nitrogen and oxygen atoms in total. The molecule has 0 spiro atoms. The summed E-state index contributed by atoms with van der Waals surface area (Å²) in [6, 6.07) is 15.7. The van der Waals surface area contributed by atoms with Gasteiger partial charge in [-0.15, -0.1) is 8.84 Å². The number of nitrogens with zero attached hydrogens (tertiary/aromatic N) is 2. The molecule has 1 fully saturated rings. The molecule has 0 saturated heterocycles. The maximum Gasteiger partial charge on any atom is 0.437 e. The molecule has 0 aliphatic heterocycles. The molecule has 18 heteroatoms. The third-order valence-electron chi connectivity index (χ3n) is 7.51. The van der Waals surface area contributed by atoms with Crippen LogP contribution in [0.1, 0.15) is 43.2 Å². The molecule has 278 valence electrons. The highest BCUT2D eigenvalue weighted by Gasteiger charge is 2.40. The predicted molar refractivity (Wildman–Crippen MR) is 178 cm³/mol. The molecule has 1 N–H and O–H groups in total. The highest BCUT2D eigenvalue weighted by Crippen LogP contribution is 2.29. The van der Waals surface area contributed by atoms with E-state index in [0.29, 0.717) is 37.9 Å². The first-order valence-corrected chi connectivity index (χ1v) is 17.7. The minimum absolute atomic E-state index is 0.0273. The maximum atomic E-state index is 13.7. The Morgan fingerprint density at radius 2 is 1.22 bits per heavy atom. The molecule has 0 radical (unpaired) electrons. The number of methoxy groups -OCH3 is 2. The summed E-state index contributed by atoms with van der Waals surface area (Å²) < 4.78 is 136. The van der Waals surface area contributed by atoms with Crippen LogP contribution >= 0.6 is 0 Å². The summed E-state index contributed by atoms with van der Waals surface area (Å²) in [5.74, 6) is 1.01. The van der Waals surface area contributed by atoms with Crippen LogP contribution < -0.4 is 14.2 Å². The Morgan fingerprint density at radius 1 is 0.745 bits per heavy atom. The normalized spacial score (nSPS) is 18.5. The summed E-state index contributed by atoms with van der Waals surface area (Å²) in [5, 5.41) is 5.94. The van der Waals surface area contributed by atoms with Crippen LogP contribution in [0.3, 0.4) is 0 Å². The Morgan fingerprint density at radius 3 is 1.67 bits per heavy atom. The van der Waals surface area contributed by atoms with Crippen molar-refractivity contribution in [1.82, 2.24) is 0 Å². The van der Waals surface area contributed by atoms with E-state index < -0.39 is 51.6 Å². The smallest absolute Gasteiger partial charge is 0.437 e. The van der Waals surface area contributed by atoms with Gasteiger partial charge in [0.15, 0.2) is 11.4 Å². The van der Waals surface area contributed by atoms with E-state index in [4.69, 9.17) is 27.5 Å². The number of benzene rings is 3. The highest BCUT2D eigenvalue weighted by atomic mass is 32.2. The third-order valence-corrected chi connectivity index (χ3v) is 9.64. The van der Waals surface area contributed by atoms with E-state index >= 15 is 0 Å². The summed E-state index contributed by atoms with van der Waals surface area (Å²) >= 11 is -4.10. The van der Waals surface area contributed by atoms with Gasteiger partial charge >= 0.3 is 23.8 Å². The first-order chi connectivity index (χ1) is 24.3. The fraction of sp³-hybridized carbons (Fsp3) is 0.394. The van der Waals surface area contributed by atoms with Gasteiger partial charge in [0.1, 0.15) is 17.2 Å². The van der Waals surface area contributed by atoms with Gasteiger partial charge in [0, 0.05) is 36.8 Å². The number of hydrogen-bond acceptors (Lipinski definition) is 10. The van der Waals surface area contributed by atoms with Crippen molar-refractivity contribution < 1.29 is 62.6 Å². The van der Waals surface area contributed by atoms with Crippen LogP contribution in [-0.4, -0.2) is 71.3 Å². The van der Waals surface area contributed by atoms with Crippen molar-refractivity contribution in [2.75, 3.05) is 27.4 Å². The van der Waals surface area contributed by atoms with E-state index in [1.165, 1.54) is 55.6 Å². The molecule has 2 atom stereocenters. The zero-order valence-corrected chi connectivity index (χ0v) is 28.9. The van der Waals surface area contributed by atoms with Gasteiger partial charge in [-0.05, 0) is 91.5 Å². The van der Waals surface area contributed by atoms with Gasteiger partial charge in [0.2, 0.25) is 16.0 Å². The summed E-state index contributed by atoms with van der Waals surface area (Å²) in [6.07, 6.45) is -7.17. The first kappa shape index (κ1) is 39.8. The second-order valence-electron chi connectivity index (χ2n) is 10.9. The Hall–Kier alpha value is -4.00. The molecule has 1 unspecified atom stereocenters. The van der Waals surface area contributed by atoms with Crippen molar-refractivity contribution in [1.29, 1.82) is 0 Å². The van der Waals surface area contributed by atoms with Gasteiger partial charge in [0.25, 0.3) is 0 Å². The van der Waals surface area contributed by atoms with E-state index in [2.05, 4.69) is 10.3 Å². The SMILES string of the molecule is COc1ccc([S+](O)O/N=C(/c2ccc(OCCCOc3ccc(/C(=N/O[S@](=O)C4CCC(OC)CC4)C(F)(F)F)cc3)cc2)C(F)(F)F)cc1. The molecule has 1 aliphatic carbocycles. The van der Waals surface area contributed by atoms with Gasteiger partial charge in [-0.2, -0.15) is 26.3 Å². The molecule has 3 aromatic carbocycles. The molecular formula is C33H35F6N2O8S2+. The zero-order chi connectivity index (χ0) is 37.0. The average molecular weight is 766 g/mol. The summed E-state index contributed by atoms with van der Waals surface area (Å²) in [7, 11) is 3.02. The average Bonchev–Trinajstić information content (AvgIpc) is 3.11. The van der Waals surface area contributed by atoms with Gasteiger partial charge in [-0.1, -0.05) is 5.16 Å². The second-order valence-corrected chi connectivity index (χ2v) is 13.4. The van der Waals surface area contributed by atoms with E-state index in [9.17, 15) is 35.1 Å². The van der Waals surface area contributed by atoms with Crippen molar-refractivity contribution in [2.45, 2.75) is 60.7 Å². The molecule has 0 bridgehead atoms. The van der Waals surface area contributed by atoms with Gasteiger partial charge in [-0.25, -0.2) is 4.21 Å². The second kappa shape index (κ2) is 18.5. The number of oxime groups is 2. The Kier molecular flexibility index (Phi) is 14.4. The lowest BCUT2D eigenvalue weighted by molar-refractivity contribution is -0.0606. The minimum atomic E-state index is -4.89. The minimum Gasteiger partial charge on any atom is -0.497 e. The van der Waals surface area contributed by atoms with Crippen molar-refractivity contribution in [3.05, 3.63) is 83.9 Å². The zero-order valence-electron chi connectivity index (χ0n) is 27.3. The molecule has 4 rings (SSSR count). The maximum absolute atomic E-state index is 13.7. The standard InChI is InChI=1S/C33H35F6N2O8S2/c1-44-24-12-16-28(17-13-24)50(42)48-40-30(32(34,35)36)22-4-8-26(9-5-22)46-20-3-21-47-27-10-6-23(7-11-27)31(33(37,38)39)41-49-51(43)29-18-14-25(45-2)15-19-29/h4-13,16-17,25,29,42H,3,14-15,18-21H2,1-2H3/q+1/b40-30-,41-31-/t25?,29?,50?,51-/m0/s1. The molecule has 1 saturated carbocycles. The largest absolute Gasteiger partial charge is 0.497 e. The molecule has 0 heterocycles. The molecule has 51 heavy (non-hydrogen) atoms. The van der Waals surface area contributed by atoms with Crippen LogP contribution in [0.5, 0.6) is 17.2 Å². The lowest BCUT2D eigenvalue weighted by Gasteiger charge is -2.25. The fourth-order valence-electron chi connectivity index (χ4n) is 4.80. The quantitative estimate of drug-likeness (QED) is 0.0517. The Balaban J connectivity index is 1.25. The van der Waals surface area contributed by atoms with E-state index in [0.717, 1.165) is 24.3 Å². The van der Waals surface area contributed by atoms with E-state index in [-0.39, 0.29) is 46.8 Å². The van der Waals surface area contributed by atoms with Crippen molar-refractivity contribution >= 4 is 34.0 Å².